The molecule has 1 saturated heterocycles. The number of anilines is 1. The maximum absolute atomic E-state index is 13.7. The fourth-order valence-corrected chi connectivity index (χ4v) is 3.21. The molecule has 3 rings (SSSR count). The van der Waals surface area contributed by atoms with Crippen molar-refractivity contribution in [1.29, 1.82) is 0 Å². The third kappa shape index (κ3) is 4.27. The van der Waals surface area contributed by atoms with Gasteiger partial charge in [-0.05, 0) is 42.7 Å². The van der Waals surface area contributed by atoms with Gasteiger partial charge < -0.3 is 15.4 Å². The number of pyridine rings is 1. The second kappa shape index (κ2) is 7.80. The molecule has 25 heavy (non-hydrogen) atoms. The highest BCUT2D eigenvalue weighted by atomic mass is 35.5. The van der Waals surface area contributed by atoms with E-state index in [9.17, 15) is 9.18 Å². The highest BCUT2D eigenvalue weighted by Gasteiger charge is 2.35. The molecule has 0 atom stereocenters. The molecular weight excluding hydrogens is 345 g/mol. The van der Waals surface area contributed by atoms with Gasteiger partial charge in [-0.2, -0.15) is 0 Å². The van der Waals surface area contributed by atoms with Crippen molar-refractivity contribution in [1.82, 2.24) is 10.3 Å². The number of rotatable bonds is 4. The Labute approximate surface area is 150 Å². The van der Waals surface area contributed by atoms with Crippen LogP contribution in [0.5, 0.6) is 0 Å². The average Bonchev–Trinajstić information content (AvgIpc) is 2.63. The van der Waals surface area contributed by atoms with Crippen molar-refractivity contribution in [2.75, 3.05) is 25.1 Å². The van der Waals surface area contributed by atoms with Crippen molar-refractivity contribution >= 4 is 23.3 Å². The molecular formula is C18H19ClFN3O2. The lowest BCUT2D eigenvalue weighted by molar-refractivity contribution is 0.0507. The van der Waals surface area contributed by atoms with Crippen LogP contribution >= 0.6 is 11.6 Å². The summed E-state index contributed by atoms with van der Waals surface area (Å²) in [6.07, 6.45) is 2.97. The SMILES string of the molecule is O=C(NCC1(c2cccc(F)c2)CCOCC1)Nc1cccnc1Cl. The van der Waals surface area contributed by atoms with Crippen LogP contribution in [-0.4, -0.2) is 30.8 Å². The first-order chi connectivity index (χ1) is 12.1. The van der Waals surface area contributed by atoms with E-state index in [1.807, 2.05) is 6.07 Å². The Hall–Kier alpha value is -2.18. The summed E-state index contributed by atoms with van der Waals surface area (Å²) in [5.41, 5.74) is 0.958. The first-order valence-electron chi connectivity index (χ1n) is 8.08. The van der Waals surface area contributed by atoms with Crippen LogP contribution in [0.1, 0.15) is 18.4 Å². The number of amides is 2. The molecule has 0 saturated carbocycles. The Morgan fingerprint density at radius 2 is 2.08 bits per heavy atom. The molecule has 1 aliphatic heterocycles. The molecule has 2 heterocycles. The third-order valence-corrected chi connectivity index (χ3v) is 4.78. The van der Waals surface area contributed by atoms with Gasteiger partial charge in [0.1, 0.15) is 5.82 Å². The van der Waals surface area contributed by atoms with Gasteiger partial charge in [-0.3, -0.25) is 0 Å². The summed E-state index contributed by atoms with van der Waals surface area (Å²) in [4.78, 5) is 16.2. The van der Waals surface area contributed by atoms with Crippen LogP contribution in [0.15, 0.2) is 42.6 Å². The Morgan fingerprint density at radius 3 is 2.80 bits per heavy atom. The summed E-state index contributed by atoms with van der Waals surface area (Å²) in [5, 5.41) is 5.78. The lowest BCUT2D eigenvalue weighted by atomic mass is 9.74. The molecule has 0 unspecified atom stereocenters. The standard InChI is InChI=1S/C18H19ClFN3O2/c19-16-15(5-2-8-21-16)23-17(24)22-12-18(6-9-25-10-7-18)13-3-1-4-14(20)11-13/h1-5,8,11H,6-7,9-10,12H2,(H2,22,23,24). The van der Waals surface area contributed by atoms with Crippen molar-refractivity contribution in [2.24, 2.45) is 0 Å². The van der Waals surface area contributed by atoms with Crippen molar-refractivity contribution < 1.29 is 13.9 Å². The van der Waals surface area contributed by atoms with Gasteiger partial charge in [-0.25, -0.2) is 14.2 Å². The Bertz CT molecular complexity index is 751. The second-order valence-electron chi connectivity index (χ2n) is 6.05. The van der Waals surface area contributed by atoms with E-state index in [1.165, 1.54) is 12.1 Å². The summed E-state index contributed by atoms with van der Waals surface area (Å²) >= 11 is 5.95. The summed E-state index contributed by atoms with van der Waals surface area (Å²) in [6, 6.07) is 9.52. The van der Waals surface area contributed by atoms with Crippen LogP contribution in [0.3, 0.4) is 0 Å². The molecule has 5 nitrogen and oxygen atoms in total. The number of aromatic nitrogens is 1. The lowest BCUT2D eigenvalue weighted by Crippen LogP contribution is -2.45. The first kappa shape index (κ1) is 17.6. The molecule has 1 aromatic carbocycles. The maximum Gasteiger partial charge on any atom is 0.319 e. The number of carbonyl (C=O) groups excluding carboxylic acids is 1. The number of nitrogens with one attached hydrogen (secondary N) is 2. The first-order valence-corrected chi connectivity index (χ1v) is 8.46. The fourth-order valence-electron chi connectivity index (χ4n) is 3.04. The zero-order valence-electron chi connectivity index (χ0n) is 13.6. The number of urea groups is 1. The molecule has 0 aliphatic carbocycles. The van der Waals surface area contributed by atoms with Gasteiger partial charge in [0.05, 0.1) is 5.69 Å². The number of ether oxygens (including phenoxy) is 1. The molecule has 132 valence electrons. The summed E-state index contributed by atoms with van der Waals surface area (Å²) in [7, 11) is 0. The van der Waals surface area contributed by atoms with Gasteiger partial charge in [0.15, 0.2) is 5.15 Å². The minimum Gasteiger partial charge on any atom is -0.381 e. The highest BCUT2D eigenvalue weighted by Crippen LogP contribution is 2.34. The summed E-state index contributed by atoms with van der Waals surface area (Å²) in [6.45, 7) is 1.53. The van der Waals surface area contributed by atoms with Gasteiger partial charge >= 0.3 is 6.03 Å². The fraction of sp³-hybridized carbons (Fsp3) is 0.333. The van der Waals surface area contributed by atoms with Crippen LogP contribution in [0, 0.1) is 5.82 Å². The number of carbonyl (C=O) groups is 1. The predicted molar refractivity (Wildman–Crippen MR) is 94.4 cm³/mol. The Morgan fingerprint density at radius 1 is 1.28 bits per heavy atom. The zero-order valence-corrected chi connectivity index (χ0v) is 14.4. The molecule has 7 heteroatoms. The molecule has 0 radical (unpaired) electrons. The molecule has 0 spiro atoms. The zero-order chi connectivity index (χ0) is 17.7. The topological polar surface area (TPSA) is 63.2 Å². The molecule has 2 aromatic rings. The van der Waals surface area contributed by atoms with E-state index in [1.54, 1.807) is 24.4 Å². The lowest BCUT2D eigenvalue weighted by Gasteiger charge is -2.38. The highest BCUT2D eigenvalue weighted by molar-refractivity contribution is 6.32. The van der Waals surface area contributed by atoms with E-state index in [0.717, 1.165) is 5.56 Å². The summed E-state index contributed by atoms with van der Waals surface area (Å²) < 4.78 is 19.1. The van der Waals surface area contributed by atoms with Gasteiger partial charge in [-0.15, -0.1) is 0 Å². The third-order valence-electron chi connectivity index (χ3n) is 4.48. The predicted octanol–water partition coefficient (Wildman–Crippen LogP) is 3.74. The van der Waals surface area contributed by atoms with Gasteiger partial charge in [0.2, 0.25) is 0 Å². The minimum absolute atomic E-state index is 0.226. The maximum atomic E-state index is 13.7. The molecule has 1 aliphatic rings. The smallest absolute Gasteiger partial charge is 0.319 e. The largest absolute Gasteiger partial charge is 0.381 e. The van der Waals surface area contributed by atoms with Crippen molar-refractivity contribution in [3.05, 3.63) is 59.1 Å². The van der Waals surface area contributed by atoms with Crippen molar-refractivity contribution in [3.8, 4) is 0 Å². The van der Waals surface area contributed by atoms with E-state index in [2.05, 4.69) is 15.6 Å². The molecule has 2 amide bonds. The van der Waals surface area contributed by atoms with E-state index in [0.29, 0.717) is 38.3 Å². The second-order valence-corrected chi connectivity index (χ2v) is 6.41. The molecule has 2 N–H and O–H groups in total. The minimum atomic E-state index is -0.378. The molecule has 1 aromatic heterocycles. The Kier molecular flexibility index (Phi) is 5.50. The van der Waals surface area contributed by atoms with Gasteiger partial charge in [-0.1, -0.05) is 23.7 Å². The van der Waals surface area contributed by atoms with E-state index < -0.39 is 0 Å². The Balaban J connectivity index is 1.71. The van der Waals surface area contributed by atoms with Gasteiger partial charge in [0.25, 0.3) is 0 Å². The monoisotopic (exact) mass is 363 g/mol. The quantitative estimate of drug-likeness (QED) is 0.813. The number of hydrogen-bond acceptors (Lipinski definition) is 3. The average molecular weight is 364 g/mol. The van der Waals surface area contributed by atoms with Crippen LogP contribution in [0.2, 0.25) is 5.15 Å². The molecule has 0 bridgehead atoms. The number of hydrogen-bond donors (Lipinski definition) is 2. The summed E-state index contributed by atoms with van der Waals surface area (Å²) in [5.74, 6) is -0.282. The molecule has 1 fully saturated rings. The normalized spacial score (nSPS) is 16.2. The number of benzene rings is 1. The van der Waals surface area contributed by atoms with Crippen LogP contribution in [-0.2, 0) is 10.2 Å². The van der Waals surface area contributed by atoms with Gasteiger partial charge in [0, 0.05) is 31.4 Å². The van der Waals surface area contributed by atoms with E-state index in [-0.39, 0.29) is 22.4 Å². The van der Waals surface area contributed by atoms with E-state index >= 15 is 0 Å². The number of nitrogens with zero attached hydrogens (tertiary/aromatic N) is 1. The van der Waals surface area contributed by atoms with Crippen LogP contribution < -0.4 is 10.6 Å². The van der Waals surface area contributed by atoms with E-state index in [4.69, 9.17) is 16.3 Å². The van der Waals surface area contributed by atoms with Crippen LogP contribution in [0.25, 0.3) is 0 Å². The number of halogens is 2. The van der Waals surface area contributed by atoms with Crippen molar-refractivity contribution in [3.63, 3.8) is 0 Å². The van der Waals surface area contributed by atoms with Crippen LogP contribution in [0.4, 0.5) is 14.9 Å². The van der Waals surface area contributed by atoms with Crippen molar-refractivity contribution in [2.45, 2.75) is 18.3 Å².